The number of nitrogens with zero attached hydrogens (tertiary/aromatic N) is 5. The first-order valence-electron chi connectivity index (χ1n) is 8.40. The van der Waals surface area contributed by atoms with E-state index in [0.717, 1.165) is 5.56 Å². The summed E-state index contributed by atoms with van der Waals surface area (Å²) < 4.78 is 0. The molecule has 0 saturated carbocycles. The monoisotopic (exact) mass is 363 g/mol. The van der Waals surface area contributed by atoms with E-state index in [-0.39, 0.29) is 5.75 Å². The van der Waals surface area contributed by atoms with Crippen LogP contribution in [-0.4, -0.2) is 40.4 Å². The minimum absolute atomic E-state index is 0.151. The van der Waals surface area contributed by atoms with Crippen molar-refractivity contribution in [2.45, 2.75) is 6.54 Å². The van der Waals surface area contributed by atoms with Gasteiger partial charge in [-0.1, -0.05) is 42.5 Å². The van der Waals surface area contributed by atoms with Crippen molar-refractivity contribution in [3.8, 4) is 5.75 Å². The number of para-hydroxylation sites is 1. The highest BCUT2D eigenvalue weighted by Crippen LogP contribution is 2.14. The van der Waals surface area contributed by atoms with Gasteiger partial charge in [0.2, 0.25) is 17.8 Å². The molecule has 0 unspecified atom stereocenters. The molecule has 0 aliphatic rings. The summed E-state index contributed by atoms with van der Waals surface area (Å²) in [7, 11) is 3.71. The van der Waals surface area contributed by atoms with Gasteiger partial charge in [-0.25, -0.2) is 5.43 Å². The van der Waals surface area contributed by atoms with Crippen LogP contribution in [0.25, 0.3) is 0 Å². The Bertz CT molecular complexity index is 913. The van der Waals surface area contributed by atoms with Crippen molar-refractivity contribution >= 4 is 24.1 Å². The van der Waals surface area contributed by atoms with E-state index in [1.807, 2.05) is 50.5 Å². The Kier molecular flexibility index (Phi) is 5.78. The highest BCUT2D eigenvalue weighted by atomic mass is 16.3. The average Bonchev–Trinajstić information content (AvgIpc) is 2.68. The molecule has 2 aromatic carbocycles. The molecule has 0 bridgehead atoms. The van der Waals surface area contributed by atoms with E-state index in [1.54, 1.807) is 23.1 Å². The van der Waals surface area contributed by atoms with Gasteiger partial charge in [0.25, 0.3) is 0 Å². The quantitative estimate of drug-likeness (QED) is 0.438. The third-order valence-electron chi connectivity index (χ3n) is 3.62. The van der Waals surface area contributed by atoms with Crippen LogP contribution in [0.5, 0.6) is 5.75 Å². The maximum absolute atomic E-state index is 9.77. The number of hydrogen-bond acceptors (Lipinski definition) is 8. The van der Waals surface area contributed by atoms with Crippen molar-refractivity contribution in [3.05, 3.63) is 65.7 Å². The third kappa shape index (κ3) is 5.15. The molecule has 3 N–H and O–H groups in total. The number of aromatic hydroxyl groups is 1. The minimum atomic E-state index is 0.151. The Morgan fingerprint density at radius 3 is 2.41 bits per heavy atom. The van der Waals surface area contributed by atoms with Crippen LogP contribution >= 0.6 is 0 Å². The lowest BCUT2D eigenvalue weighted by molar-refractivity contribution is 0.474. The minimum Gasteiger partial charge on any atom is -0.507 e. The Labute approximate surface area is 157 Å². The van der Waals surface area contributed by atoms with Gasteiger partial charge in [-0.15, -0.1) is 0 Å². The van der Waals surface area contributed by atoms with Gasteiger partial charge in [0, 0.05) is 26.2 Å². The molecule has 0 radical (unpaired) electrons. The number of nitrogens with one attached hydrogen (secondary N) is 2. The Morgan fingerprint density at radius 2 is 1.67 bits per heavy atom. The van der Waals surface area contributed by atoms with Gasteiger partial charge >= 0.3 is 0 Å². The second-order valence-corrected chi connectivity index (χ2v) is 5.95. The molecule has 3 aromatic rings. The molecule has 0 atom stereocenters. The fourth-order valence-corrected chi connectivity index (χ4v) is 2.23. The van der Waals surface area contributed by atoms with Crippen LogP contribution in [0, 0.1) is 0 Å². The van der Waals surface area contributed by atoms with Crippen LogP contribution in [0.4, 0.5) is 17.8 Å². The summed E-state index contributed by atoms with van der Waals surface area (Å²) in [6.07, 6.45) is 1.51. The zero-order valence-corrected chi connectivity index (χ0v) is 15.2. The Morgan fingerprint density at radius 1 is 0.963 bits per heavy atom. The predicted molar refractivity (Wildman–Crippen MR) is 107 cm³/mol. The van der Waals surface area contributed by atoms with Crippen LogP contribution in [0.15, 0.2) is 59.7 Å². The first-order valence-corrected chi connectivity index (χ1v) is 8.40. The third-order valence-corrected chi connectivity index (χ3v) is 3.62. The zero-order chi connectivity index (χ0) is 19.1. The van der Waals surface area contributed by atoms with Crippen molar-refractivity contribution in [2.24, 2.45) is 5.10 Å². The molecule has 0 amide bonds. The van der Waals surface area contributed by atoms with Gasteiger partial charge in [0.15, 0.2) is 0 Å². The first kappa shape index (κ1) is 18.1. The van der Waals surface area contributed by atoms with E-state index >= 15 is 0 Å². The molecule has 138 valence electrons. The molecular formula is C19H21N7O. The van der Waals surface area contributed by atoms with Crippen molar-refractivity contribution in [3.63, 3.8) is 0 Å². The van der Waals surface area contributed by atoms with Crippen molar-refractivity contribution < 1.29 is 5.11 Å². The molecule has 0 spiro atoms. The van der Waals surface area contributed by atoms with Gasteiger partial charge in [0.1, 0.15) is 5.75 Å². The highest BCUT2D eigenvalue weighted by Gasteiger charge is 2.08. The van der Waals surface area contributed by atoms with Crippen LogP contribution in [0.2, 0.25) is 0 Å². The number of aromatic nitrogens is 3. The number of rotatable bonds is 7. The number of phenolic OH excluding ortho intramolecular Hbond substituents is 1. The van der Waals surface area contributed by atoms with E-state index in [2.05, 4.69) is 30.8 Å². The molecule has 1 heterocycles. The van der Waals surface area contributed by atoms with E-state index in [1.165, 1.54) is 6.21 Å². The van der Waals surface area contributed by atoms with Crippen LogP contribution < -0.4 is 15.6 Å². The van der Waals surface area contributed by atoms with E-state index in [0.29, 0.717) is 30.0 Å². The maximum Gasteiger partial charge on any atom is 0.250 e. The lowest BCUT2D eigenvalue weighted by Gasteiger charge is -2.13. The summed E-state index contributed by atoms with van der Waals surface area (Å²) >= 11 is 0. The average molecular weight is 363 g/mol. The molecule has 1 aromatic heterocycles. The van der Waals surface area contributed by atoms with Gasteiger partial charge in [-0.2, -0.15) is 20.1 Å². The van der Waals surface area contributed by atoms with E-state index in [9.17, 15) is 5.11 Å². The van der Waals surface area contributed by atoms with E-state index in [4.69, 9.17) is 0 Å². The smallest absolute Gasteiger partial charge is 0.250 e. The van der Waals surface area contributed by atoms with Gasteiger partial charge in [-0.05, 0) is 17.7 Å². The Balaban J connectivity index is 1.74. The molecule has 3 rings (SSSR count). The lowest BCUT2D eigenvalue weighted by Crippen LogP contribution is -2.16. The molecule has 0 aliphatic heterocycles. The number of anilines is 3. The Hall–Kier alpha value is -3.68. The number of hydrazone groups is 1. The molecule has 0 aliphatic carbocycles. The van der Waals surface area contributed by atoms with E-state index < -0.39 is 0 Å². The molecule has 0 saturated heterocycles. The first-order chi connectivity index (χ1) is 13.1. The molecule has 27 heavy (non-hydrogen) atoms. The predicted octanol–water partition coefficient (Wildman–Crippen LogP) is 2.70. The normalized spacial score (nSPS) is 10.7. The summed E-state index contributed by atoms with van der Waals surface area (Å²) in [5.41, 5.74) is 4.50. The van der Waals surface area contributed by atoms with Gasteiger partial charge in [-0.3, -0.25) is 0 Å². The zero-order valence-electron chi connectivity index (χ0n) is 15.2. The highest BCUT2D eigenvalue weighted by molar-refractivity contribution is 5.83. The standard InChI is InChI=1S/C19H21N7O/c1-26(2)19-23-17(20-12-14-8-4-3-5-9-14)22-18(24-19)25-21-13-15-10-6-7-11-16(15)27/h3-11,13,27H,12H2,1-2H3,(H2,20,22,23,24,25)/b21-13+. The summed E-state index contributed by atoms with van der Waals surface area (Å²) in [5.74, 6) is 1.40. The van der Waals surface area contributed by atoms with Crippen LogP contribution in [-0.2, 0) is 6.54 Å². The summed E-state index contributed by atoms with van der Waals surface area (Å²) in [6, 6.07) is 16.9. The van der Waals surface area contributed by atoms with Crippen molar-refractivity contribution in [1.82, 2.24) is 15.0 Å². The summed E-state index contributed by atoms with van der Waals surface area (Å²) in [4.78, 5) is 14.8. The summed E-state index contributed by atoms with van der Waals surface area (Å²) in [6.45, 7) is 0.596. The fraction of sp³-hybridized carbons (Fsp3) is 0.158. The van der Waals surface area contributed by atoms with Crippen LogP contribution in [0.1, 0.15) is 11.1 Å². The SMILES string of the molecule is CN(C)c1nc(NCc2ccccc2)nc(N/N=C/c2ccccc2O)n1. The number of hydrogen-bond donors (Lipinski definition) is 3. The van der Waals surface area contributed by atoms with Crippen LogP contribution in [0.3, 0.4) is 0 Å². The largest absolute Gasteiger partial charge is 0.507 e. The van der Waals surface area contributed by atoms with Gasteiger partial charge in [0.05, 0.1) is 6.21 Å². The van der Waals surface area contributed by atoms with Crippen molar-refractivity contribution in [2.75, 3.05) is 29.7 Å². The maximum atomic E-state index is 9.77. The molecule has 8 nitrogen and oxygen atoms in total. The molecule has 0 fully saturated rings. The lowest BCUT2D eigenvalue weighted by atomic mass is 10.2. The number of phenols is 1. The molecular weight excluding hydrogens is 342 g/mol. The molecule has 8 heteroatoms. The summed E-state index contributed by atoms with van der Waals surface area (Å²) in [5, 5.41) is 17.1. The fourth-order valence-electron chi connectivity index (χ4n) is 2.23. The second kappa shape index (κ2) is 8.61. The van der Waals surface area contributed by atoms with Gasteiger partial charge < -0.3 is 15.3 Å². The number of benzene rings is 2. The second-order valence-electron chi connectivity index (χ2n) is 5.95. The topological polar surface area (TPSA) is 98.6 Å². The van der Waals surface area contributed by atoms with Crippen molar-refractivity contribution in [1.29, 1.82) is 0 Å².